The average molecular weight is 343 g/mol. The van der Waals surface area contributed by atoms with E-state index >= 15 is 0 Å². The summed E-state index contributed by atoms with van der Waals surface area (Å²) < 4.78 is 4.90. The molecule has 0 saturated heterocycles. The molecule has 144 valence electrons. The van der Waals surface area contributed by atoms with Gasteiger partial charge in [-0.05, 0) is 12.8 Å². The first-order valence-electron chi connectivity index (χ1n) is 10.4. The van der Waals surface area contributed by atoms with Crippen LogP contribution in [0.2, 0.25) is 0 Å². The van der Waals surface area contributed by atoms with E-state index in [-0.39, 0.29) is 11.9 Å². The smallest absolute Gasteiger partial charge is 0.311 e. The summed E-state index contributed by atoms with van der Waals surface area (Å²) in [5.41, 5.74) is 0. The summed E-state index contributed by atoms with van der Waals surface area (Å²) in [6.07, 6.45) is 16.8. The molecule has 0 rings (SSSR count). The van der Waals surface area contributed by atoms with Gasteiger partial charge in [0.15, 0.2) is 0 Å². The summed E-state index contributed by atoms with van der Waals surface area (Å²) in [4.78, 5) is 11.9. The molecule has 0 amide bonds. The molecule has 0 fully saturated rings. The second-order valence-electron chi connectivity index (χ2n) is 7.16. The first-order valence-corrected chi connectivity index (χ1v) is 10.4. The molecule has 0 heterocycles. The van der Waals surface area contributed by atoms with Crippen LogP contribution in [0.4, 0.5) is 0 Å². The van der Waals surface area contributed by atoms with E-state index < -0.39 is 6.10 Å². The predicted octanol–water partition coefficient (Wildman–Crippen LogP) is 6.03. The van der Waals surface area contributed by atoms with Gasteiger partial charge in [-0.2, -0.15) is 0 Å². The van der Waals surface area contributed by atoms with Crippen molar-refractivity contribution >= 4 is 5.97 Å². The third-order valence-electron chi connectivity index (χ3n) is 4.94. The maximum absolute atomic E-state index is 11.9. The van der Waals surface area contributed by atoms with E-state index in [0.717, 1.165) is 38.5 Å². The molecule has 0 aromatic carbocycles. The number of hydrogen-bond donors (Lipinski definition) is 1. The average Bonchev–Trinajstić information content (AvgIpc) is 2.59. The number of aliphatic hydroxyl groups excluding tert-OH is 1. The first-order chi connectivity index (χ1) is 11.7. The van der Waals surface area contributed by atoms with Crippen LogP contribution < -0.4 is 0 Å². The van der Waals surface area contributed by atoms with E-state index in [2.05, 4.69) is 13.8 Å². The molecule has 0 aliphatic heterocycles. The largest absolute Gasteiger partial charge is 0.469 e. The Labute approximate surface area is 150 Å². The molecule has 0 aromatic rings. The summed E-state index contributed by atoms with van der Waals surface area (Å²) in [6, 6.07) is 0. The third-order valence-corrected chi connectivity index (χ3v) is 4.94. The Morgan fingerprint density at radius 2 is 1.17 bits per heavy atom. The molecular formula is C21H42O3. The highest BCUT2D eigenvalue weighted by Gasteiger charge is 2.26. The number of carbonyl (C=O) groups is 1. The number of hydrogen-bond acceptors (Lipinski definition) is 3. The summed E-state index contributed by atoms with van der Waals surface area (Å²) in [7, 11) is 1.43. The molecule has 0 radical (unpaired) electrons. The SMILES string of the molecule is CCCCCCCCCC(O)C(CCCCCCCC)C(=O)OC. The van der Waals surface area contributed by atoms with Gasteiger partial charge in [0.1, 0.15) is 0 Å². The van der Waals surface area contributed by atoms with Gasteiger partial charge in [0.2, 0.25) is 0 Å². The lowest BCUT2D eigenvalue weighted by atomic mass is 9.91. The predicted molar refractivity (Wildman–Crippen MR) is 102 cm³/mol. The van der Waals surface area contributed by atoms with Gasteiger partial charge >= 0.3 is 5.97 Å². The monoisotopic (exact) mass is 342 g/mol. The first kappa shape index (κ1) is 23.4. The van der Waals surface area contributed by atoms with Gasteiger partial charge in [-0.25, -0.2) is 0 Å². The van der Waals surface area contributed by atoms with Gasteiger partial charge in [-0.15, -0.1) is 0 Å². The lowest BCUT2D eigenvalue weighted by Gasteiger charge is -2.20. The minimum Gasteiger partial charge on any atom is -0.469 e. The molecule has 0 aliphatic rings. The van der Waals surface area contributed by atoms with E-state index in [9.17, 15) is 9.90 Å². The van der Waals surface area contributed by atoms with Crippen LogP contribution in [0.3, 0.4) is 0 Å². The van der Waals surface area contributed by atoms with Crippen molar-refractivity contribution < 1.29 is 14.6 Å². The van der Waals surface area contributed by atoms with Gasteiger partial charge in [-0.3, -0.25) is 4.79 Å². The third kappa shape index (κ3) is 12.8. The Bertz CT molecular complexity index is 278. The van der Waals surface area contributed by atoms with E-state index in [0.29, 0.717) is 0 Å². The number of esters is 1. The second-order valence-corrected chi connectivity index (χ2v) is 7.16. The number of carbonyl (C=O) groups excluding carboxylic acids is 1. The summed E-state index contributed by atoms with van der Waals surface area (Å²) in [6.45, 7) is 4.45. The molecule has 3 nitrogen and oxygen atoms in total. The van der Waals surface area contributed by atoms with Crippen LogP contribution in [-0.4, -0.2) is 24.3 Å². The Morgan fingerprint density at radius 3 is 1.62 bits per heavy atom. The van der Waals surface area contributed by atoms with Gasteiger partial charge in [0, 0.05) is 0 Å². The molecular weight excluding hydrogens is 300 g/mol. The topological polar surface area (TPSA) is 46.5 Å². The Hall–Kier alpha value is -0.570. The minimum absolute atomic E-state index is 0.237. The summed E-state index contributed by atoms with van der Waals surface area (Å²) in [5, 5.41) is 10.4. The van der Waals surface area contributed by atoms with Crippen molar-refractivity contribution in [3.63, 3.8) is 0 Å². The van der Waals surface area contributed by atoms with Crippen molar-refractivity contribution in [3.8, 4) is 0 Å². The van der Waals surface area contributed by atoms with Crippen molar-refractivity contribution in [1.29, 1.82) is 0 Å². The van der Waals surface area contributed by atoms with Crippen LogP contribution >= 0.6 is 0 Å². The van der Waals surface area contributed by atoms with Crippen LogP contribution in [-0.2, 0) is 9.53 Å². The number of ether oxygens (including phenoxy) is 1. The van der Waals surface area contributed by atoms with E-state index in [1.165, 1.54) is 64.9 Å². The minimum atomic E-state index is -0.538. The number of unbranched alkanes of at least 4 members (excludes halogenated alkanes) is 11. The number of rotatable bonds is 17. The zero-order valence-electron chi connectivity index (χ0n) is 16.5. The Kier molecular flexibility index (Phi) is 16.8. The fourth-order valence-electron chi connectivity index (χ4n) is 3.28. The van der Waals surface area contributed by atoms with Crippen molar-refractivity contribution in [1.82, 2.24) is 0 Å². The van der Waals surface area contributed by atoms with Gasteiger partial charge in [-0.1, -0.05) is 97.3 Å². The molecule has 0 saturated carbocycles. The van der Waals surface area contributed by atoms with Crippen molar-refractivity contribution in [2.45, 2.75) is 116 Å². The standard InChI is InChI=1S/C21H42O3/c1-4-6-8-10-12-14-16-18-20(22)19(21(23)24-3)17-15-13-11-9-7-5-2/h19-20,22H,4-18H2,1-3H3. The lowest BCUT2D eigenvalue weighted by molar-refractivity contribution is -0.150. The van der Waals surface area contributed by atoms with Gasteiger partial charge in [0.25, 0.3) is 0 Å². The number of aliphatic hydroxyl groups is 1. The fourth-order valence-corrected chi connectivity index (χ4v) is 3.28. The second kappa shape index (κ2) is 17.3. The normalized spacial score (nSPS) is 13.7. The highest BCUT2D eigenvalue weighted by atomic mass is 16.5. The van der Waals surface area contributed by atoms with Gasteiger partial charge < -0.3 is 9.84 Å². The zero-order valence-corrected chi connectivity index (χ0v) is 16.5. The fraction of sp³-hybridized carbons (Fsp3) is 0.952. The molecule has 24 heavy (non-hydrogen) atoms. The van der Waals surface area contributed by atoms with Crippen LogP contribution in [0.15, 0.2) is 0 Å². The van der Waals surface area contributed by atoms with Gasteiger partial charge in [0.05, 0.1) is 19.1 Å². The van der Waals surface area contributed by atoms with Crippen LogP contribution in [0.5, 0.6) is 0 Å². The quantitative estimate of drug-likeness (QED) is 0.259. The maximum atomic E-state index is 11.9. The molecule has 0 spiro atoms. The van der Waals surface area contributed by atoms with Crippen LogP contribution in [0, 0.1) is 5.92 Å². The lowest BCUT2D eigenvalue weighted by Crippen LogP contribution is -2.29. The Morgan fingerprint density at radius 1 is 0.750 bits per heavy atom. The van der Waals surface area contributed by atoms with Crippen molar-refractivity contribution in [2.24, 2.45) is 5.92 Å². The van der Waals surface area contributed by atoms with Crippen molar-refractivity contribution in [2.75, 3.05) is 7.11 Å². The highest BCUT2D eigenvalue weighted by molar-refractivity contribution is 5.72. The highest BCUT2D eigenvalue weighted by Crippen LogP contribution is 2.21. The molecule has 0 aliphatic carbocycles. The molecule has 0 aromatic heterocycles. The maximum Gasteiger partial charge on any atom is 0.311 e. The van der Waals surface area contributed by atoms with Crippen molar-refractivity contribution in [3.05, 3.63) is 0 Å². The molecule has 2 atom stereocenters. The van der Waals surface area contributed by atoms with E-state index in [4.69, 9.17) is 4.74 Å². The zero-order chi connectivity index (χ0) is 18.0. The molecule has 0 bridgehead atoms. The molecule has 2 unspecified atom stereocenters. The Balaban J connectivity index is 3.91. The van der Waals surface area contributed by atoms with Crippen LogP contribution in [0.1, 0.15) is 110 Å². The molecule has 1 N–H and O–H groups in total. The van der Waals surface area contributed by atoms with E-state index in [1.807, 2.05) is 0 Å². The van der Waals surface area contributed by atoms with E-state index in [1.54, 1.807) is 0 Å². The molecule has 3 heteroatoms. The van der Waals surface area contributed by atoms with Crippen LogP contribution in [0.25, 0.3) is 0 Å². The summed E-state index contributed by atoms with van der Waals surface area (Å²) in [5.74, 6) is -0.569. The summed E-state index contributed by atoms with van der Waals surface area (Å²) >= 11 is 0. The number of methoxy groups -OCH3 is 1.